The van der Waals surface area contributed by atoms with Crippen molar-refractivity contribution in [1.29, 1.82) is 0 Å². The zero-order chi connectivity index (χ0) is 17.7. The van der Waals surface area contributed by atoms with Gasteiger partial charge in [0.15, 0.2) is 0 Å². The summed E-state index contributed by atoms with van der Waals surface area (Å²) in [6.45, 7) is 3.68. The molecule has 0 unspecified atom stereocenters. The summed E-state index contributed by atoms with van der Waals surface area (Å²) in [6.07, 6.45) is 1.47. The molecule has 0 aliphatic rings. The van der Waals surface area contributed by atoms with E-state index in [-0.39, 0.29) is 25.1 Å². The summed E-state index contributed by atoms with van der Waals surface area (Å²) in [4.78, 5) is 22.9. The van der Waals surface area contributed by atoms with E-state index in [4.69, 9.17) is 9.84 Å². The molecule has 128 valence electrons. The molecule has 24 heavy (non-hydrogen) atoms. The van der Waals surface area contributed by atoms with Gasteiger partial charge in [0.25, 0.3) is 5.91 Å². The Hall–Kier alpha value is -2.42. The highest BCUT2D eigenvalue weighted by Crippen LogP contribution is 2.22. The van der Waals surface area contributed by atoms with Crippen molar-refractivity contribution >= 4 is 27.8 Å². The summed E-state index contributed by atoms with van der Waals surface area (Å²) < 4.78 is 7.52. The van der Waals surface area contributed by atoms with E-state index in [1.54, 1.807) is 18.2 Å². The normalized spacial score (nSPS) is 10.7. The van der Waals surface area contributed by atoms with Gasteiger partial charge in [0.1, 0.15) is 18.0 Å². The van der Waals surface area contributed by atoms with Crippen molar-refractivity contribution in [2.45, 2.75) is 33.0 Å². The second-order valence-corrected chi connectivity index (χ2v) is 6.24. The number of halogens is 1. The number of hydrogen-bond donors (Lipinski definition) is 2. The van der Waals surface area contributed by atoms with Crippen molar-refractivity contribution in [2.24, 2.45) is 0 Å². The van der Waals surface area contributed by atoms with Crippen molar-refractivity contribution < 1.29 is 19.4 Å². The molecular formula is C15H17BrN4O4. The van der Waals surface area contributed by atoms with Crippen molar-refractivity contribution in [2.75, 3.05) is 0 Å². The van der Waals surface area contributed by atoms with Crippen LogP contribution in [0, 0.1) is 0 Å². The molecule has 1 amide bonds. The van der Waals surface area contributed by atoms with Crippen LogP contribution in [0.5, 0.6) is 5.75 Å². The summed E-state index contributed by atoms with van der Waals surface area (Å²) in [6, 6.07) is 5.12. The fourth-order valence-corrected chi connectivity index (χ4v) is 2.41. The maximum Gasteiger partial charge on any atom is 0.325 e. The number of aromatic nitrogens is 3. The molecule has 0 aliphatic carbocycles. The van der Waals surface area contributed by atoms with Gasteiger partial charge >= 0.3 is 5.97 Å². The number of amides is 1. The number of nitrogens with zero attached hydrogens (tertiary/aromatic N) is 3. The molecule has 1 aromatic heterocycles. The summed E-state index contributed by atoms with van der Waals surface area (Å²) in [7, 11) is 0. The first-order chi connectivity index (χ1) is 11.3. The number of carbonyl (C=O) groups is 2. The Morgan fingerprint density at radius 3 is 2.79 bits per heavy atom. The largest absolute Gasteiger partial charge is 0.491 e. The first kappa shape index (κ1) is 17.9. The van der Waals surface area contributed by atoms with E-state index in [0.29, 0.717) is 17.0 Å². The lowest BCUT2D eigenvalue weighted by Crippen LogP contribution is -2.23. The molecule has 0 atom stereocenters. The number of rotatable bonds is 7. The summed E-state index contributed by atoms with van der Waals surface area (Å²) in [5.74, 6) is -0.711. The Morgan fingerprint density at radius 2 is 2.12 bits per heavy atom. The lowest BCUT2D eigenvalue weighted by atomic mass is 10.2. The van der Waals surface area contributed by atoms with E-state index >= 15 is 0 Å². The van der Waals surface area contributed by atoms with Gasteiger partial charge in [0, 0.05) is 10.0 Å². The van der Waals surface area contributed by atoms with Gasteiger partial charge in [-0.3, -0.25) is 9.59 Å². The quantitative estimate of drug-likeness (QED) is 0.739. The van der Waals surface area contributed by atoms with Gasteiger partial charge in [0.05, 0.1) is 18.8 Å². The van der Waals surface area contributed by atoms with Crippen LogP contribution in [-0.4, -0.2) is 38.1 Å². The van der Waals surface area contributed by atoms with E-state index in [2.05, 4.69) is 31.6 Å². The van der Waals surface area contributed by atoms with Gasteiger partial charge in [-0.05, 0) is 32.0 Å². The third-order valence-corrected chi connectivity index (χ3v) is 3.28. The molecule has 0 bridgehead atoms. The van der Waals surface area contributed by atoms with Gasteiger partial charge in [-0.2, -0.15) is 0 Å². The van der Waals surface area contributed by atoms with Crippen LogP contribution in [0.25, 0.3) is 0 Å². The first-order valence-corrected chi connectivity index (χ1v) is 7.99. The van der Waals surface area contributed by atoms with Crippen molar-refractivity contribution in [3.63, 3.8) is 0 Å². The van der Waals surface area contributed by atoms with Gasteiger partial charge in [0.2, 0.25) is 0 Å². The molecular weight excluding hydrogens is 380 g/mol. The number of aliphatic carboxylic acids is 1. The van der Waals surface area contributed by atoms with Gasteiger partial charge in [-0.15, -0.1) is 5.10 Å². The average Bonchev–Trinajstić information content (AvgIpc) is 2.90. The highest BCUT2D eigenvalue weighted by Gasteiger charge is 2.11. The molecule has 0 saturated heterocycles. The van der Waals surface area contributed by atoms with Crippen LogP contribution in [0.2, 0.25) is 0 Å². The van der Waals surface area contributed by atoms with Crippen LogP contribution >= 0.6 is 15.9 Å². The van der Waals surface area contributed by atoms with E-state index in [9.17, 15) is 9.59 Å². The maximum atomic E-state index is 12.3. The molecule has 1 heterocycles. The van der Waals surface area contributed by atoms with Crippen LogP contribution < -0.4 is 10.1 Å². The number of carboxylic acids is 1. The number of benzene rings is 1. The van der Waals surface area contributed by atoms with Gasteiger partial charge in [-0.1, -0.05) is 21.1 Å². The van der Waals surface area contributed by atoms with Crippen LogP contribution in [0.15, 0.2) is 28.9 Å². The Balaban J connectivity index is 2.00. The maximum absolute atomic E-state index is 12.3. The highest BCUT2D eigenvalue weighted by atomic mass is 79.9. The minimum atomic E-state index is -1.01. The Kier molecular flexibility index (Phi) is 5.91. The Bertz CT molecular complexity index is 745. The van der Waals surface area contributed by atoms with E-state index in [0.717, 1.165) is 4.47 Å². The first-order valence-electron chi connectivity index (χ1n) is 7.19. The molecule has 0 fully saturated rings. The van der Waals surface area contributed by atoms with Crippen LogP contribution in [-0.2, 0) is 17.9 Å². The van der Waals surface area contributed by atoms with E-state index < -0.39 is 5.97 Å². The predicted octanol–water partition coefficient (Wildman–Crippen LogP) is 1.84. The van der Waals surface area contributed by atoms with Gasteiger partial charge in [-0.25, -0.2) is 4.68 Å². The molecule has 8 nitrogen and oxygen atoms in total. The van der Waals surface area contributed by atoms with E-state index in [1.807, 2.05) is 13.8 Å². The summed E-state index contributed by atoms with van der Waals surface area (Å²) >= 11 is 3.35. The topological polar surface area (TPSA) is 106 Å². The number of carboxylic acid groups (broad SMARTS) is 1. The van der Waals surface area contributed by atoms with Gasteiger partial charge < -0.3 is 15.2 Å². The number of carbonyl (C=O) groups excluding carboxylic acids is 1. The second-order valence-electron chi connectivity index (χ2n) is 5.33. The molecule has 2 N–H and O–H groups in total. The van der Waals surface area contributed by atoms with Crippen molar-refractivity contribution in [1.82, 2.24) is 20.3 Å². The molecule has 2 aromatic rings. The fraction of sp³-hybridized carbons (Fsp3) is 0.333. The zero-order valence-electron chi connectivity index (χ0n) is 13.2. The minimum Gasteiger partial charge on any atom is -0.491 e. The predicted molar refractivity (Wildman–Crippen MR) is 88.7 cm³/mol. The summed E-state index contributed by atoms with van der Waals surface area (Å²) in [5.41, 5.74) is 0.913. The SMILES string of the molecule is CC(C)Oc1cc(Br)cc(C(=O)NCc2cn(CC(=O)O)nn2)c1. The third-order valence-electron chi connectivity index (χ3n) is 2.82. The summed E-state index contributed by atoms with van der Waals surface area (Å²) in [5, 5.41) is 18.9. The Morgan fingerprint density at radius 1 is 1.38 bits per heavy atom. The van der Waals surface area contributed by atoms with Crippen molar-refractivity contribution in [3.8, 4) is 5.75 Å². The number of ether oxygens (including phenoxy) is 1. The van der Waals surface area contributed by atoms with E-state index in [1.165, 1.54) is 10.9 Å². The lowest BCUT2D eigenvalue weighted by Gasteiger charge is -2.11. The Labute approximate surface area is 146 Å². The molecule has 0 aliphatic heterocycles. The standard InChI is InChI=1S/C15H17BrN4O4/c1-9(2)24-13-4-10(3-11(16)5-13)15(23)17-6-12-7-20(19-18-12)8-14(21)22/h3-5,7,9H,6,8H2,1-2H3,(H,17,23)(H,21,22). The third kappa shape index (κ3) is 5.34. The molecule has 9 heteroatoms. The molecule has 2 rings (SSSR count). The number of hydrogen-bond acceptors (Lipinski definition) is 5. The molecule has 0 radical (unpaired) electrons. The highest BCUT2D eigenvalue weighted by molar-refractivity contribution is 9.10. The van der Waals surface area contributed by atoms with Crippen LogP contribution in [0.4, 0.5) is 0 Å². The smallest absolute Gasteiger partial charge is 0.325 e. The average molecular weight is 397 g/mol. The monoisotopic (exact) mass is 396 g/mol. The zero-order valence-corrected chi connectivity index (χ0v) is 14.8. The van der Waals surface area contributed by atoms with Crippen LogP contribution in [0.3, 0.4) is 0 Å². The minimum absolute atomic E-state index is 0.000476. The van der Waals surface area contributed by atoms with Crippen LogP contribution in [0.1, 0.15) is 29.9 Å². The fourth-order valence-electron chi connectivity index (χ4n) is 1.94. The lowest BCUT2D eigenvalue weighted by molar-refractivity contribution is -0.137. The molecule has 0 saturated carbocycles. The second kappa shape index (κ2) is 7.91. The molecule has 1 aromatic carbocycles. The number of nitrogens with one attached hydrogen (secondary N) is 1. The van der Waals surface area contributed by atoms with Crippen molar-refractivity contribution in [3.05, 3.63) is 40.1 Å². The molecule has 0 spiro atoms.